The molecule has 0 N–H and O–H groups in total. The third kappa shape index (κ3) is 2.38. The molecular weight excluding hydrogens is 336 g/mol. The fraction of sp³-hybridized carbons (Fsp3) is 0.400. The first kappa shape index (κ1) is 15.6. The minimum atomic E-state index is 0.349. The lowest BCUT2D eigenvalue weighted by Crippen LogP contribution is -2.04. The van der Waals surface area contributed by atoms with E-state index in [1.54, 1.807) is 0 Å². The molecule has 0 bridgehead atoms. The van der Waals surface area contributed by atoms with Crippen molar-refractivity contribution in [3.05, 3.63) is 62.1 Å². The summed E-state index contributed by atoms with van der Waals surface area (Å²) in [5, 5.41) is 0. The monoisotopic (exact) mass is 358 g/mol. The molecule has 116 valence electrons. The van der Waals surface area contributed by atoms with Gasteiger partial charge in [-0.1, -0.05) is 54.0 Å². The van der Waals surface area contributed by atoms with Gasteiger partial charge in [-0.25, -0.2) is 0 Å². The maximum Gasteiger partial charge on any atom is 0.127 e. The Morgan fingerprint density at radius 2 is 1.64 bits per heavy atom. The standard InChI is InChI=1S/C20H23BrO/c1-11(2)15-6-8-16(9-7-15)17-10-22-20-14(5)19(21)13(4)12(3)18(17)20/h6-9,11,17H,10H2,1-5H3. The highest BCUT2D eigenvalue weighted by Gasteiger charge is 2.31. The number of halogens is 1. The van der Waals surface area contributed by atoms with E-state index in [4.69, 9.17) is 4.74 Å². The number of fused-ring (bicyclic) bond motifs is 1. The Hall–Kier alpha value is -1.28. The van der Waals surface area contributed by atoms with Gasteiger partial charge in [0.15, 0.2) is 0 Å². The smallest absolute Gasteiger partial charge is 0.127 e. The van der Waals surface area contributed by atoms with Gasteiger partial charge in [0.2, 0.25) is 0 Å². The first-order valence-corrected chi connectivity index (χ1v) is 8.73. The minimum absolute atomic E-state index is 0.349. The van der Waals surface area contributed by atoms with Crippen LogP contribution in [0.15, 0.2) is 28.7 Å². The van der Waals surface area contributed by atoms with E-state index in [-0.39, 0.29) is 0 Å². The van der Waals surface area contributed by atoms with Crippen molar-refractivity contribution >= 4 is 15.9 Å². The van der Waals surface area contributed by atoms with Gasteiger partial charge < -0.3 is 4.74 Å². The molecule has 0 saturated carbocycles. The van der Waals surface area contributed by atoms with E-state index in [1.807, 2.05) is 0 Å². The summed E-state index contributed by atoms with van der Waals surface area (Å²) in [6.07, 6.45) is 0. The fourth-order valence-corrected chi connectivity index (χ4v) is 3.83. The van der Waals surface area contributed by atoms with Crippen LogP contribution in [0.2, 0.25) is 0 Å². The molecule has 1 aliphatic heterocycles. The Morgan fingerprint density at radius 3 is 2.23 bits per heavy atom. The molecule has 0 aromatic heterocycles. The largest absolute Gasteiger partial charge is 0.492 e. The summed E-state index contributed by atoms with van der Waals surface area (Å²) in [4.78, 5) is 0. The molecule has 1 heterocycles. The zero-order chi connectivity index (χ0) is 16.0. The highest BCUT2D eigenvalue weighted by atomic mass is 79.9. The molecule has 22 heavy (non-hydrogen) atoms. The normalized spacial score (nSPS) is 16.8. The Balaban J connectivity index is 2.08. The molecule has 2 aromatic rings. The molecule has 0 radical (unpaired) electrons. The van der Waals surface area contributed by atoms with Crippen molar-refractivity contribution in [1.82, 2.24) is 0 Å². The Morgan fingerprint density at radius 1 is 1.00 bits per heavy atom. The average molecular weight is 359 g/mol. The van der Waals surface area contributed by atoms with Gasteiger partial charge >= 0.3 is 0 Å². The maximum absolute atomic E-state index is 6.06. The topological polar surface area (TPSA) is 9.23 Å². The van der Waals surface area contributed by atoms with Gasteiger partial charge in [-0.05, 0) is 48.9 Å². The number of benzene rings is 2. The van der Waals surface area contributed by atoms with Gasteiger partial charge in [0, 0.05) is 21.5 Å². The van der Waals surface area contributed by atoms with Crippen LogP contribution >= 0.6 is 15.9 Å². The first-order chi connectivity index (χ1) is 10.4. The second-order valence-electron chi connectivity index (χ2n) is 6.62. The molecule has 2 heteroatoms. The lowest BCUT2D eigenvalue weighted by molar-refractivity contribution is 0.341. The number of rotatable bonds is 2. The van der Waals surface area contributed by atoms with Crippen LogP contribution in [0.5, 0.6) is 5.75 Å². The van der Waals surface area contributed by atoms with Crippen LogP contribution in [0.1, 0.15) is 59.1 Å². The van der Waals surface area contributed by atoms with E-state index in [9.17, 15) is 0 Å². The van der Waals surface area contributed by atoms with Crippen molar-refractivity contribution in [2.24, 2.45) is 0 Å². The molecule has 0 saturated heterocycles. The summed E-state index contributed by atoms with van der Waals surface area (Å²) in [7, 11) is 0. The molecule has 1 aliphatic rings. The molecule has 2 aromatic carbocycles. The van der Waals surface area contributed by atoms with Gasteiger partial charge in [-0.3, -0.25) is 0 Å². The van der Waals surface area contributed by atoms with E-state index < -0.39 is 0 Å². The van der Waals surface area contributed by atoms with Crippen LogP contribution in [0.4, 0.5) is 0 Å². The zero-order valence-electron chi connectivity index (χ0n) is 14.0. The van der Waals surface area contributed by atoms with Gasteiger partial charge in [-0.15, -0.1) is 0 Å². The number of hydrogen-bond acceptors (Lipinski definition) is 1. The van der Waals surface area contributed by atoms with E-state index >= 15 is 0 Å². The molecule has 0 aliphatic carbocycles. The van der Waals surface area contributed by atoms with Crippen LogP contribution in [0.3, 0.4) is 0 Å². The van der Waals surface area contributed by atoms with Crippen LogP contribution < -0.4 is 4.74 Å². The zero-order valence-corrected chi connectivity index (χ0v) is 15.5. The van der Waals surface area contributed by atoms with Crippen molar-refractivity contribution < 1.29 is 4.74 Å². The Labute approximate surface area is 141 Å². The van der Waals surface area contributed by atoms with Crippen molar-refractivity contribution in [1.29, 1.82) is 0 Å². The lowest BCUT2D eigenvalue weighted by Gasteiger charge is -2.17. The number of ether oxygens (including phenoxy) is 1. The van der Waals surface area contributed by atoms with E-state index in [0.29, 0.717) is 11.8 Å². The molecule has 0 amide bonds. The molecular formula is C20H23BrO. The van der Waals surface area contributed by atoms with E-state index in [1.165, 1.54) is 37.9 Å². The van der Waals surface area contributed by atoms with Crippen LogP contribution in [0, 0.1) is 20.8 Å². The summed E-state index contributed by atoms with van der Waals surface area (Å²) in [6.45, 7) is 11.7. The molecule has 1 atom stereocenters. The van der Waals surface area contributed by atoms with Gasteiger partial charge in [0.1, 0.15) is 5.75 Å². The summed E-state index contributed by atoms with van der Waals surface area (Å²) in [5.74, 6) is 2.00. The Bertz CT molecular complexity index is 714. The first-order valence-electron chi connectivity index (χ1n) is 7.93. The predicted octanol–water partition coefficient (Wildman–Crippen LogP) is 6.02. The van der Waals surface area contributed by atoms with Crippen molar-refractivity contribution in [2.45, 2.75) is 46.5 Å². The SMILES string of the molecule is Cc1c(C)c2c(c(C)c1Br)OCC2c1ccc(C(C)C)cc1. The van der Waals surface area contributed by atoms with Crippen LogP contribution in [-0.2, 0) is 0 Å². The van der Waals surface area contributed by atoms with E-state index in [0.717, 1.165) is 12.4 Å². The summed E-state index contributed by atoms with van der Waals surface area (Å²) in [6, 6.07) is 9.05. The molecule has 1 unspecified atom stereocenters. The van der Waals surface area contributed by atoms with Crippen molar-refractivity contribution in [2.75, 3.05) is 6.61 Å². The quantitative estimate of drug-likeness (QED) is 0.637. The molecule has 0 spiro atoms. The van der Waals surface area contributed by atoms with Crippen LogP contribution in [-0.4, -0.2) is 6.61 Å². The third-order valence-electron chi connectivity index (χ3n) is 4.96. The molecule has 3 rings (SSSR count). The molecule has 1 nitrogen and oxygen atoms in total. The lowest BCUT2D eigenvalue weighted by atomic mass is 9.86. The van der Waals surface area contributed by atoms with Gasteiger partial charge in [0.05, 0.1) is 6.61 Å². The molecule has 0 fully saturated rings. The average Bonchev–Trinajstić information content (AvgIpc) is 2.96. The summed E-state index contributed by atoms with van der Waals surface area (Å²) >= 11 is 3.71. The Kier molecular flexibility index (Phi) is 4.07. The van der Waals surface area contributed by atoms with Crippen molar-refractivity contribution in [3.63, 3.8) is 0 Å². The summed E-state index contributed by atoms with van der Waals surface area (Å²) in [5.41, 5.74) is 8.01. The van der Waals surface area contributed by atoms with Crippen molar-refractivity contribution in [3.8, 4) is 5.75 Å². The third-order valence-corrected chi connectivity index (χ3v) is 6.15. The highest BCUT2D eigenvalue weighted by molar-refractivity contribution is 9.10. The van der Waals surface area contributed by atoms with E-state index in [2.05, 4.69) is 74.8 Å². The van der Waals surface area contributed by atoms with Gasteiger partial charge in [0.25, 0.3) is 0 Å². The fourth-order valence-electron chi connectivity index (χ4n) is 3.35. The summed E-state index contributed by atoms with van der Waals surface area (Å²) < 4.78 is 7.24. The number of hydrogen-bond donors (Lipinski definition) is 0. The second-order valence-corrected chi connectivity index (χ2v) is 7.41. The maximum atomic E-state index is 6.06. The van der Waals surface area contributed by atoms with Gasteiger partial charge in [-0.2, -0.15) is 0 Å². The van der Waals surface area contributed by atoms with Crippen LogP contribution in [0.25, 0.3) is 0 Å². The minimum Gasteiger partial charge on any atom is -0.492 e. The second kappa shape index (κ2) is 5.73. The predicted molar refractivity (Wildman–Crippen MR) is 96.2 cm³/mol. The highest BCUT2D eigenvalue weighted by Crippen LogP contribution is 2.46.